The molecule has 5 heteroatoms. The Hall–Kier alpha value is -2.53. The third-order valence-corrected chi connectivity index (χ3v) is 3.20. The van der Waals surface area contributed by atoms with Crippen LogP contribution < -0.4 is 10.5 Å². The van der Waals surface area contributed by atoms with Crippen molar-refractivity contribution in [2.24, 2.45) is 0 Å². The minimum absolute atomic E-state index is 0.147. The maximum Gasteiger partial charge on any atom is 0.140 e. The average Bonchev–Trinajstić information content (AvgIpc) is 2.84. The third-order valence-electron chi connectivity index (χ3n) is 3.20. The van der Waals surface area contributed by atoms with Crippen molar-refractivity contribution >= 4 is 16.7 Å². The highest BCUT2D eigenvalue weighted by atomic mass is 16.5. The van der Waals surface area contributed by atoms with Crippen LogP contribution in [0.2, 0.25) is 0 Å². The summed E-state index contributed by atoms with van der Waals surface area (Å²) in [6.07, 6.45) is 0. The Bertz CT molecular complexity index is 765. The number of aliphatic hydroxyl groups excluding tert-OH is 1. The van der Waals surface area contributed by atoms with E-state index in [9.17, 15) is 5.11 Å². The molecule has 0 aliphatic carbocycles. The minimum atomic E-state index is -0.147. The predicted molar refractivity (Wildman–Crippen MR) is 78.0 cm³/mol. The lowest BCUT2D eigenvalue weighted by molar-refractivity contribution is 0.270. The molecule has 3 rings (SSSR count). The molecule has 0 saturated heterocycles. The fraction of sp³-hybridized carbons (Fsp3) is 0.133. The highest BCUT2D eigenvalue weighted by Gasteiger charge is 2.12. The summed E-state index contributed by atoms with van der Waals surface area (Å²) in [5.74, 6) is 1.32. The molecule has 0 atom stereocenters. The summed E-state index contributed by atoms with van der Waals surface area (Å²) < 4.78 is 7.14. The first kappa shape index (κ1) is 12.5. The molecular formula is C15H15N3O2. The zero-order valence-electron chi connectivity index (χ0n) is 11.1. The van der Waals surface area contributed by atoms with Crippen LogP contribution in [0.1, 0.15) is 5.82 Å². The van der Waals surface area contributed by atoms with E-state index in [1.54, 1.807) is 13.2 Å². The first-order chi connectivity index (χ1) is 9.72. The van der Waals surface area contributed by atoms with E-state index < -0.39 is 0 Å². The van der Waals surface area contributed by atoms with Gasteiger partial charge in [0.2, 0.25) is 0 Å². The summed E-state index contributed by atoms with van der Waals surface area (Å²) in [7, 11) is 1.62. The number of anilines is 1. The summed E-state index contributed by atoms with van der Waals surface area (Å²) >= 11 is 0. The van der Waals surface area contributed by atoms with Gasteiger partial charge < -0.3 is 15.6 Å². The fourth-order valence-electron chi connectivity index (χ4n) is 2.29. The van der Waals surface area contributed by atoms with Gasteiger partial charge >= 0.3 is 0 Å². The van der Waals surface area contributed by atoms with Gasteiger partial charge in [-0.05, 0) is 30.3 Å². The van der Waals surface area contributed by atoms with Crippen molar-refractivity contribution < 1.29 is 9.84 Å². The topological polar surface area (TPSA) is 73.3 Å². The quantitative estimate of drug-likeness (QED) is 0.714. The predicted octanol–water partition coefficient (Wildman–Crippen LogP) is 2.11. The number of hydrogen-bond donors (Lipinski definition) is 2. The van der Waals surface area contributed by atoms with Crippen LogP contribution in [-0.4, -0.2) is 21.8 Å². The Morgan fingerprint density at radius 3 is 2.85 bits per heavy atom. The van der Waals surface area contributed by atoms with E-state index in [-0.39, 0.29) is 6.61 Å². The minimum Gasteiger partial charge on any atom is -0.497 e. The zero-order valence-corrected chi connectivity index (χ0v) is 11.1. The van der Waals surface area contributed by atoms with Gasteiger partial charge in [0.05, 0.1) is 23.8 Å². The lowest BCUT2D eigenvalue weighted by Gasteiger charge is -2.09. The number of fused-ring (bicyclic) bond motifs is 1. The highest BCUT2D eigenvalue weighted by molar-refractivity contribution is 5.81. The molecule has 20 heavy (non-hydrogen) atoms. The zero-order chi connectivity index (χ0) is 14.1. The number of nitrogens with two attached hydrogens (primary N) is 1. The van der Waals surface area contributed by atoms with Crippen molar-refractivity contribution in [2.45, 2.75) is 6.61 Å². The molecule has 1 heterocycles. The molecule has 3 aromatic rings. The Morgan fingerprint density at radius 2 is 2.10 bits per heavy atom. The normalized spacial score (nSPS) is 10.9. The second-order valence-corrected chi connectivity index (χ2v) is 4.47. The molecule has 0 aliphatic rings. The summed E-state index contributed by atoms with van der Waals surface area (Å²) in [4.78, 5) is 4.42. The van der Waals surface area contributed by atoms with Gasteiger partial charge in [0, 0.05) is 11.8 Å². The molecule has 0 saturated carbocycles. The molecule has 0 spiro atoms. The molecule has 0 fully saturated rings. The van der Waals surface area contributed by atoms with Crippen molar-refractivity contribution in [2.75, 3.05) is 12.8 Å². The van der Waals surface area contributed by atoms with E-state index in [1.807, 2.05) is 41.0 Å². The number of imidazole rings is 1. The molecule has 0 amide bonds. The van der Waals surface area contributed by atoms with Gasteiger partial charge in [-0.1, -0.05) is 6.07 Å². The Morgan fingerprint density at radius 1 is 1.25 bits per heavy atom. The number of rotatable bonds is 3. The number of nitrogen functional groups attached to an aromatic ring is 1. The van der Waals surface area contributed by atoms with E-state index in [4.69, 9.17) is 10.5 Å². The molecule has 102 valence electrons. The van der Waals surface area contributed by atoms with E-state index in [0.29, 0.717) is 11.5 Å². The van der Waals surface area contributed by atoms with E-state index >= 15 is 0 Å². The average molecular weight is 269 g/mol. The van der Waals surface area contributed by atoms with E-state index in [0.717, 1.165) is 22.5 Å². The van der Waals surface area contributed by atoms with Gasteiger partial charge in [-0.2, -0.15) is 0 Å². The second kappa shape index (κ2) is 4.86. The number of nitrogens with zero attached hydrogens (tertiary/aromatic N) is 2. The van der Waals surface area contributed by atoms with E-state index in [1.165, 1.54) is 0 Å². The lowest BCUT2D eigenvalue weighted by Crippen LogP contribution is -2.01. The fourth-order valence-corrected chi connectivity index (χ4v) is 2.29. The van der Waals surface area contributed by atoms with Crippen LogP contribution in [0.15, 0.2) is 42.5 Å². The number of benzene rings is 2. The number of hydrogen-bond acceptors (Lipinski definition) is 4. The molecule has 0 bridgehead atoms. The molecule has 1 aromatic heterocycles. The SMILES string of the molecule is COc1cccc(-n2c(CO)nc3cc(N)ccc32)c1. The Labute approximate surface area is 116 Å². The third kappa shape index (κ3) is 1.98. The van der Waals surface area contributed by atoms with Crippen LogP contribution in [0.25, 0.3) is 16.7 Å². The van der Waals surface area contributed by atoms with Crippen LogP contribution in [0.5, 0.6) is 5.75 Å². The standard InChI is InChI=1S/C15H15N3O2/c1-20-12-4-2-3-11(8-12)18-14-6-5-10(16)7-13(14)17-15(18)9-19/h2-8,19H,9,16H2,1H3. The van der Waals surface area contributed by atoms with Gasteiger partial charge in [0.1, 0.15) is 18.2 Å². The highest BCUT2D eigenvalue weighted by Crippen LogP contribution is 2.25. The first-order valence-corrected chi connectivity index (χ1v) is 6.25. The van der Waals surface area contributed by atoms with Crippen molar-refractivity contribution in [3.63, 3.8) is 0 Å². The van der Waals surface area contributed by atoms with Crippen LogP contribution in [0.4, 0.5) is 5.69 Å². The van der Waals surface area contributed by atoms with Crippen LogP contribution in [0, 0.1) is 0 Å². The molecule has 0 unspecified atom stereocenters. The van der Waals surface area contributed by atoms with Crippen LogP contribution in [0.3, 0.4) is 0 Å². The molecule has 5 nitrogen and oxygen atoms in total. The summed E-state index contributed by atoms with van der Waals surface area (Å²) in [5.41, 5.74) is 8.98. The maximum absolute atomic E-state index is 9.53. The molecule has 0 aliphatic heterocycles. The lowest BCUT2D eigenvalue weighted by atomic mass is 10.2. The van der Waals surface area contributed by atoms with Gasteiger partial charge in [0.15, 0.2) is 0 Å². The molecule has 3 N–H and O–H groups in total. The van der Waals surface area contributed by atoms with Crippen molar-refractivity contribution in [1.29, 1.82) is 0 Å². The molecule has 2 aromatic carbocycles. The summed E-state index contributed by atoms with van der Waals surface area (Å²) in [6.45, 7) is -0.147. The molecular weight excluding hydrogens is 254 g/mol. The number of methoxy groups -OCH3 is 1. The smallest absolute Gasteiger partial charge is 0.140 e. The Kier molecular flexibility index (Phi) is 3.04. The van der Waals surface area contributed by atoms with Crippen LogP contribution in [-0.2, 0) is 6.61 Å². The van der Waals surface area contributed by atoms with Gasteiger partial charge in [0.25, 0.3) is 0 Å². The van der Waals surface area contributed by atoms with Crippen molar-refractivity contribution in [1.82, 2.24) is 9.55 Å². The number of aromatic nitrogens is 2. The summed E-state index contributed by atoms with van der Waals surface area (Å²) in [6, 6.07) is 13.1. The van der Waals surface area contributed by atoms with Crippen molar-refractivity contribution in [3.8, 4) is 11.4 Å². The monoisotopic (exact) mass is 269 g/mol. The number of aliphatic hydroxyl groups is 1. The van der Waals surface area contributed by atoms with Gasteiger partial charge in [-0.3, -0.25) is 4.57 Å². The van der Waals surface area contributed by atoms with Crippen LogP contribution >= 0.6 is 0 Å². The first-order valence-electron chi connectivity index (χ1n) is 6.25. The van der Waals surface area contributed by atoms with Gasteiger partial charge in [-0.25, -0.2) is 4.98 Å². The van der Waals surface area contributed by atoms with Crippen molar-refractivity contribution in [3.05, 3.63) is 48.3 Å². The summed E-state index contributed by atoms with van der Waals surface area (Å²) in [5, 5.41) is 9.53. The maximum atomic E-state index is 9.53. The number of ether oxygens (including phenoxy) is 1. The molecule has 0 radical (unpaired) electrons. The second-order valence-electron chi connectivity index (χ2n) is 4.47. The van der Waals surface area contributed by atoms with Gasteiger partial charge in [-0.15, -0.1) is 0 Å². The Balaban J connectivity index is 2.28. The van der Waals surface area contributed by atoms with E-state index in [2.05, 4.69) is 4.98 Å². The largest absolute Gasteiger partial charge is 0.497 e.